The van der Waals surface area contributed by atoms with Crippen molar-refractivity contribution < 1.29 is 4.39 Å². The van der Waals surface area contributed by atoms with Gasteiger partial charge in [-0.05, 0) is 57.6 Å². The third-order valence-electron chi connectivity index (χ3n) is 5.23. The third kappa shape index (κ3) is 5.45. The fraction of sp³-hybridized carbons (Fsp3) is 0.632. The van der Waals surface area contributed by atoms with Crippen molar-refractivity contribution >= 4 is 35.6 Å². The molecule has 3 rings (SSSR count). The van der Waals surface area contributed by atoms with Crippen molar-refractivity contribution in [1.82, 2.24) is 15.1 Å². The topological polar surface area (TPSA) is 34.1 Å². The molecule has 2 aliphatic rings. The van der Waals surface area contributed by atoms with Crippen LogP contribution in [0.25, 0.3) is 0 Å². The minimum Gasteiger partial charge on any atom is -0.368 e. The fourth-order valence-corrected chi connectivity index (χ4v) is 3.66. The van der Waals surface area contributed by atoms with E-state index in [1.807, 2.05) is 12.1 Å². The summed E-state index contributed by atoms with van der Waals surface area (Å²) in [5.74, 6) is 0.849. The predicted molar refractivity (Wildman–Crippen MR) is 117 cm³/mol. The molecular formula is C19H31FIN5. The van der Waals surface area contributed by atoms with Crippen LogP contribution in [0.2, 0.25) is 0 Å². The van der Waals surface area contributed by atoms with Crippen LogP contribution in [0.5, 0.6) is 0 Å². The highest BCUT2D eigenvalue weighted by atomic mass is 127. The molecule has 0 radical (unpaired) electrons. The van der Waals surface area contributed by atoms with Crippen LogP contribution in [0, 0.1) is 5.82 Å². The predicted octanol–water partition coefficient (Wildman–Crippen LogP) is 2.63. The molecule has 1 N–H and O–H groups in total. The van der Waals surface area contributed by atoms with E-state index in [0.29, 0.717) is 6.04 Å². The summed E-state index contributed by atoms with van der Waals surface area (Å²) in [7, 11) is 2.20. The summed E-state index contributed by atoms with van der Waals surface area (Å²) in [6.07, 6.45) is 2.53. The van der Waals surface area contributed by atoms with Gasteiger partial charge < -0.3 is 20.0 Å². The molecule has 26 heavy (non-hydrogen) atoms. The number of benzene rings is 1. The highest BCUT2D eigenvalue weighted by Crippen LogP contribution is 2.18. The number of likely N-dealkylation sites (N-methyl/N-ethyl adjacent to an activating group) is 1. The van der Waals surface area contributed by atoms with Crippen molar-refractivity contribution in [2.45, 2.75) is 25.8 Å². The Kier molecular flexibility index (Phi) is 8.40. The van der Waals surface area contributed by atoms with Gasteiger partial charge in [-0.1, -0.05) is 0 Å². The Balaban J connectivity index is 0.00000243. The Morgan fingerprint density at radius 1 is 1.15 bits per heavy atom. The largest absolute Gasteiger partial charge is 0.368 e. The van der Waals surface area contributed by atoms with E-state index in [2.05, 4.69) is 34.0 Å². The van der Waals surface area contributed by atoms with Crippen LogP contribution in [-0.4, -0.2) is 74.7 Å². The molecule has 0 aromatic heterocycles. The quantitative estimate of drug-likeness (QED) is 0.413. The van der Waals surface area contributed by atoms with Gasteiger partial charge in [0.05, 0.1) is 6.54 Å². The van der Waals surface area contributed by atoms with Crippen molar-refractivity contribution in [2.24, 2.45) is 4.99 Å². The van der Waals surface area contributed by atoms with Crippen LogP contribution >= 0.6 is 24.0 Å². The van der Waals surface area contributed by atoms with E-state index in [1.165, 1.54) is 31.5 Å². The van der Waals surface area contributed by atoms with Crippen LogP contribution < -0.4 is 10.2 Å². The number of piperazine rings is 1. The molecule has 1 atom stereocenters. The average molecular weight is 475 g/mol. The number of nitrogens with zero attached hydrogens (tertiary/aromatic N) is 4. The fourth-order valence-electron chi connectivity index (χ4n) is 3.66. The molecule has 2 saturated heterocycles. The summed E-state index contributed by atoms with van der Waals surface area (Å²) in [4.78, 5) is 12.0. The summed E-state index contributed by atoms with van der Waals surface area (Å²) in [6.45, 7) is 8.79. The van der Waals surface area contributed by atoms with Crippen LogP contribution in [0.1, 0.15) is 19.8 Å². The third-order valence-corrected chi connectivity index (χ3v) is 5.23. The lowest BCUT2D eigenvalue weighted by Crippen LogP contribution is -2.52. The van der Waals surface area contributed by atoms with E-state index < -0.39 is 0 Å². The zero-order valence-electron chi connectivity index (χ0n) is 15.8. The van der Waals surface area contributed by atoms with Crippen molar-refractivity contribution in [2.75, 3.05) is 57.8 Å². The molecule has 2 fully saturated rings. The zero-order valence-corrected chi connectivity index (χ0v) is 18.2. The van der Waals surface area contributed by atoms with Gasteiger partial charge in [-0.3, -0.25) is 4.99 Å². The van der Waals surface area contributed by atoms with Gasteiger partial charge in [0.2, 0.25) is 0 Å². The van der Waals surface area contributed by atoms with E-state index in [9.17, 15) is 4.39 Å². The standard InChI is InChI=1S/C19H30FN5.HI/c1-3-21-19(22-15-18-5-4-10-23(18)2)25-13-11-24(12-14-25)17-8-6-16(20)7-9-17;/h6-9,18H,3-5,10-15H2,1-2H3,(H,21,22);1H. The molecule has 5 nitrogen and oxygen atoms in total. The lowest BCUT2D eigenvalue weighted by molar-refractivity contribution is 0.314. The molecule has 1 unspecified atom stereocenters. The Hall–Kier alpha value is -1.09. The molecule has 0 aliphatic carbocycles. The van der Waals surface area contributed by atoms with Gasteiger partial charge in [-0.15, -0.1) is 24.0 Å². The van der Waals surface area contributed by atoms with Crippen LogP contribution in [0.3, 0.4) is 0 Å². The highest BCUT2D eigenvalue weighted by molar-refractivity contribution is 14.0. The average Bonchev–Trinajstić information content (AvgIpc) is 3.04. The summed E-state index contributed by atoms with van der Waals surface area (Å²) < 4.78 is 13.1. The lowest BCUT2D eigenvalue weighted by atomic mass is 10.2. The molecule has 0 spiro atoms. The minimum atomic E-state index is -0.180. The number of hydrogen-bond acceptors (Lipinski definition) is 3. The number of rotatable bonds is 4. The SMILES string of the molecule is CCNC(=NCC1CCCN1C)N1CCN(c2ccc(F)cc2)CC1.I. The van der Waals surface area contributed by atoms with Gasteiger partial charge in [0.15, 0.2) is 5.96 Å². The summed E-state index contributed by atoms with van der Waals surface area (Å²) >= 11 is 0. The Labute approximate surface area is 173 Å². The first kappa shape index (κ1) is 21.2. The highest BCUT2D eigenvalue weighted by Gasteiger charge is 2.23. The van der Waals surface area contributed by atoms with E-state index >= 15 is 0 Å². The summed E-state index contributed by atoms with van der Waals surface area (Å²) in [6, 6.07) is 7.37. The van der Waals surface area contributed by atoms with Gasteiger partial charge in [-0.2, -0.15) is 0 Å². The number of hydrogen-bond donors (Lipinski definition) is 1. The minimum absolute atomic E-state index is 0. The molecule has 0 bridgehead atoms. The van der Waals surface area contributed by atoms with Crippen molar-refractivity contribution in [1.29, 1.82) is 0 Å². The van der Waals surface area contributed by atoms with E-state index in [1.54, 1.807) is 0 Å². The lowest BCUT2D eigenvalue weighted by Gasteiger charge is -2.38. The second kappa shape index (κ2) is 10.3. The Morgan fingerprint density at radius 3 is 2.42 bits per heavy atom. The molecular weight excluding hydrogens is 444 g/mol. The van der Waals surface area contributed by atoms with Crippen LogP contribution in [-0.2, 0) is 0 Å². The van der Waals surface area contributed by atoms with Crippen molar-refractivity contribution in [3.05, 3.63) is 30.1 Å². The molecule has 2 heterocycles. The van der Waals surface area contributed by atoms with Gasteiger partial charge in [-0.25, -0.2) is 4.39 Å². The van der Waals surface area contributed by atoms with Crippen LogP contribution in [0.4, 0.5) is 10.1 Å². The first-order valence-electron chi connectivity index (χ1n) is 9.41. The molecule has 1 aromatic carbocycles. The maximum Gasteiger partial charge on any atom is 0.194 e. The van der Waals surface area contributed by atoms with Gasteiger partial charge in [0.1, 0.15) is 5.82 Å². The number of anilines is 1. The number of guanidine groups is 1. The first-order chi connectivity index (χ1) is 12.2. The van der Waals surface area contributed by atoms with E-state index in [4.69, 9.17) is 4.99 Å². The first-order valence-corrected chi connectivity index (χ1v) is 9.41. The maximum absolute atomic E-state index is 13.1. The molecule has 0 saturated carbocycles. The monoisotopic (exact) mass is 475 g/mol. The molecule has 0 amide bonds. The maximum atomic E-state index is 13.1. The molecule has 146 valence electrons. The van der Waals surface area contributed by atoms with Gasteiger partial charge >= 0.3 is 0 Å². The molecule has 1 aromatic rings. The zero-order chi connectivity index (χ0) is 17.6. The number of halogens is 2. The van der Waals surface area contributed by atoms with E-state index in [-0.39, 0.29) is 29.8 Å². The number of aliphatic imine (C=N–C) groups is 1. The molecule has 7 heteroatoms. The normalized spacial score (nSPS) is 21.7. The van der Waals surface area contributed by atoms with Gasteiger partial charge in [0.25, 0.3) is 0 Å². The Bertz CT molecular complexity index is 572. The number of likely N-dealkylation sites (tertiary alicyclic amines) is 1. The Morgan fingerprint density at radius 2 is 1.85 bits per heavy atom. The summed E-state index contributed by atoms with van der Waals surface area (Å²) in [5.41, 5.74) is 1.09. The second-order valence-corrected chi connectivity index (χ2v) is 6.92. The summed E-state index contributed by atoms with van der Waals surface area (Å²) in [5, 5.41) is 3.44. The number of nitrogens with one attached hydrogen (secondary N) is 1. The van der Waals surface area contributed by atoms with Crippen molar-refractivity contribution in [3.63, 3.8) is 0 Å². The second-order valence-electron chi connectivity index (χ2n) is 6.92. The molecule has 2 aliphatic heterocycles. The smallest absolute Gasteiger partial charge is 0.194 e. The van der Waals surface area contributed by atoms with Gasteiger partial charge in [0, 0.05) is 44.5 Å². The van der Waals surface area contributed by atoms with Crippen molar-refractivity contribution in [3.8, 4) is 0 Å². The van der Waals surface area contributed by atoms with E-state index in [0.717, 1.165) is 50.9 Å². The van der Waals surface area contributed by atoms with Crippen LogP contribution in [0.15, 0.2) is 29.3 Å².